The molecule has 0 bridgehead atoms. The fourth-order valence-corrected chi connectivity index (χ4v) is 5.73. The molecule has 216 valence electrons. The fourth-order valence-electron chi connectivity index (χ4n) is 5.22. The summed E-state index contributed by atoms with van der Waals surface area (Å²) in [5.74, 6) is -0.373. The summed E-state index contributed by atoms with van der Waals surface area (Å²) in [4.78, 5) is 39.5. The molecule has 2 rings (SSSR count). The van der Waals surface area contributed by atoms with Gasteiger partial charge in [-0.3, -0.25) is 9.59 Å². The van der Waals surface area contributed by atoms with Gasteiger partial charge in [-0.2, -0.15) is 0 Å². The maximum absolute atomic E-state index is 13.7. The molecule has 0 saturated carbocycles. The number of ether oxygens (including phenoxy) is 3. The summed E-state index contributed by atoms with van der Waals surface area (Å²) in [6, 6.07) is 1.17. The number of carbonyl (C=O) groups is 3. The van der Waals surface area contributed by atoms with Crippen LogP contribution in [0.3, 0.4) is 0 Å². The second-order valence-electron chi connectivity index (χ2n) is 10.8. The highest BCUT2D eigenvalue weighted by atomic mass is 79.9. The second-order valence-corrected chi connectivity index (χ2v) is 11.6. The molecule has 9 nitrogen and oxygen atoms in total. The molecular weight excluding hydrogens is 558 g/mol. The van der Waals surface area contributed by atoms with Gasteiger partial charge >= 0.3 is 12.1 Å². The lowest BCUT2D eigenvalue weighted by atomic mass is 9.88. The van der Waals surface area contributed by atoms with Crippen LogP contribution in [0, 0.1) is 5.92 Å². The molecule has 1 saturated heterocycles. The average Bonchev–Trinajstić information content (AvgIpc) is 3.31. The number of aliphatic hydroxyl groups is 1. The van der Waals surface area contributed by atoms with Crippen molar-refractivity contribution in [2.75, 3.05) is 13.7 Å². The standard InChI is InChI=1S/C28H44BrNO8/c1-18(2)25-28(4,5)38-27(34)30(25)26(33)24(35-6)23(36-19(3)32)22-17-20(29)21(37-22)15-13-11-9-7-8-10-12-14-16-31/h17-18,23-25,31H,7-16H2,1-6H3. The molecule has 1 aliphatic heterocycles. The zero-order valence-electron chi connectivity index (χ0n) is 23.6. The van der Waals surface area contributed by atoms with Gasteiger partial charge in [0.1, 0.15) is 17.1 Å². The number of cyclic esters (lactones) is 1. The van der Waals surface area contributed by atoms with Gasteiger partial charge in [0, 0.05) is 27.1 Å². The molecule has 10 heteroatoms. The highest BCUT2D eigenvalue weighted by Crippen LogP contribution is 2.38. The van der Waals surface area contributed by atoms with Crippen LogP contribution in [0.15, 0.2) is 15.0 Å². The lowest BCUT2D eigenvalue weighted by Crippen LogP contribution is -2.52. The van der Waals surface area contributed by atoms with Crippen molar-refractivity contribution < 1.29 is 38.1 Å². The Morgan fingerprint density at radius 3 is 2.21 bits per heavy atom. The Kier molecular flexibility index (Phi) is 12.8. The number of methoxy groups -OCH3 is 1. The quantitative estimate of drug-likeness (QED) is 0.178. The monoisotopic (exact) mass is 601 g/mol. The van der Waals surface area contributed by atoms with Crippen molar-refractivity contribution in [2.45, 2.75) is 116 Å². The highest BCUT2D eigenvalue weighted by molar-refractivity contribution is 9.10. The minimum absolute atomic E-state index is 0.0741. The predicted molar refractivity (Wildman–Crippen MR) is 145 cm³/mol. The van der Waals surface area contributed by atoms with Crippen LogP contribution in [0.1, 0.15) is 104 Å². The largest absolute Gasteiger partial charge is 0.461 e. The Hall–Kier alpha value is -1.91. The van der Waals surface area contributed by atoms with Crippen molar-refractivity contribution in [3.63, 3.8) is 0 Å². The minimum Gasteiger partial charge on any atom is -0.461 e. The van der Waals surface area contributed by atoms with E-state index in [4.69, 9.17) is 23.7 Å². The van der Waals surface area contributed by atoms with Gasteiger partial charge in [-0.1, -0.05) is 52.4 Å². The van der Waals surface area contributed by atoms with Crippen LogP contribution in [-0.4, -0.2) is 59.4 Å². The SMILES string of the molecule is COC(C(=O)N1C(=O)OC(C)(C)C1C(C)C)C(OC(C)=O)c1cc(Br)c(CCCCCCCCCCO)o1. The van der Waals surface area contributed by atoms with E-state index < -0.39 is 41.8 Å². The molecule has 38 heavy (non-hydrogen) atoms. The van der Waals surface area contributed by atoms with Crippen LogP contribution in [0.4, 0.5) is 4.79 Å². The van der Waals surface area contributed by atoms with Crippen molar-refractivity contribution in [1.82, 2.24) is 4.90 Å². The van der Waals surface area contributed by atoms with Gasteiger partial charge < -0.3 is 23.7 Å². The lowest BCUT2D eigenvalue weighted by molar-refractivity contribution is -0.165. The zero-order chi connectivity index (χ0) is 28.5. The lowest BCUT2D eigenvalue weighted by Gasteiger charge is -2.33. The summed E-state index contributed by atoms with van der Waals surface area (Å²) in [6.07, 6.45) is 5.98. The average molecular weight is 603 g/mol. The topological polar surface area (TPSA) is 116 Å². The van der Waals surface area contributed by atoms with E-state index >= 15 is 0 Å². The highest BCUT2D eigenvalue weighted by Gasteiger charge is 2.54. The maximum Gasteiger partial charge on any atom is 0.417 e. The number of amides is 2. The van der Waals surface area contributed by atoms with E-state index in [-0.39, 0.29) is 18.3 Å². The van der Waals surface area contributed by atoms with E-state index in [1.54, 1.807) is 19.9 Å². The third-order valence-electron chi connectivity index (χ3n) is 6.84. The number of nitrogens with zero attached hydrogens (tertiary/aromatic N) is 1. The summed E-state index contributed by atoms with van der Waals surface area (Å²) in [6.45, 7) is 8.86. The smallest absolute Gasteiger partial charge is 0.417 e. The van der Waals surface area contributed by atoms with E-state index in [1.807, 2.05) is 13.8 Å². The fraction of sp³-hybridized carbons (Fsp3) is 0.750. The molecule has 1 N–H and O–H groups in total. The Morgan fingerprint density at radius 2 is 1.68 bits per heavy atom. The summed E-state index contributed by atoms with van der Waals surface area (Å²) >= 11 is 3.53. The Labute approximate surface area is 234 Å². The molecule has 1 fully saturated rings. The number of carbonyl (C=O) groups excluding carboxylic acids is 3. The summed E-state index contributed by atoms with van der Waals surface area (Å²) < 4.78 is 23.3. The molecule has 0 spiro atoms. The maximum atomic E-state index is 13.7. The third-order valence-corrected chi connectivity index (χ3v) is 7.51. The van der Waals surface area contributed by atoms with Gasteiger partial charge in [0.15, 0.2) is 12.2 Å². The van der Waals surface area contributed by atoms with Crippen LogP contribution in [0.5, 0.6) is 0 Å². The number of halogens is 1. The van der Waals surface area contributed by atoms with Crippen molar-refractivity contribution in [1.29, 1.82) is 0 Å². The van der Waals surface area contributed by atoms with Crippen LogP contribution in [0.25, 0.3) is 0 Å². The first kappa shape index (κ1) is 32.3. The van der Waals surface area contributed by atoms with Crippen molar-refractivity contribution >= 4 is 33.9 Å². The second kappa shape index (κ2) is 15.0. The van der Waals surface area contributed by atoms with E-state index in [2.05, 4.69) is 15.9 Å². The number of aliphatic hydroxyl groups excluding tert-OH is 1. The van der Waals surface area contributed by atoms with Gasteiger partial charge in [-0.05, 0) is 54.6 Å². The Balaban J connectivity index is 2.13. The first-order valence-electron chi connectivity index (χ1n) is 13.6. The van der Waals surface area contributed by atoms with Crippen molar-refractivity contribution in [2.24, 2.45) is 5.92 Å². The van der Waals surface area contributed by atoms with Gasteiger partial charge in [0.2, 0.25) is 0 Å². The number of furan rings is 1. The normalized spacial score (nSPS) is 18.5. The molecule has 3 unspecified atom stereocenters. The number of esters is 1. The van der Waals surface area contributed by atoms with Crippen LogP contribution < -0.4 is 0 Å². The number of hydrogen-bond acceptors (Lipinski definition) is 8. The molecule has 3 atom stereocenters. The van der Waals surface area contributed by atoms with E-state index in [1.165, 1.54) is 20.5 Å². The summed E-state index contributed by atoms with van der Waals surface area (Å²) in [5.41, 5.74) is -0.879. The first-order valence-corrected chi connectivity index (χ1v) is 14.4. The molecule has 2 heterocycles. The number of rotatable bonds is 16. The molecule has 1 aromatic rings. The first-order chi connectivity index (χ1) is 17.9. The third kappa shape index (κ3) is 8.55. The summed E-state index contributed by atoms with van der Waals surface area (Å²) in [7, 11) is 1.33. The van der Waals surface area contributed by atoms with Crippen molar-refractivity contribution in [3.8, 4) is 0 Å². The van der Waals surface area contributed by atoms with Crippen LogP contribution in [-0.2, 0) is 30.2 Å². The molecule has 1 aromatic heterocycles. The molecule has 0 aliphatic carbocycles. The van der Waals surface area contributed by atoms with Crippen molar-refractivity contribution in [3.05, 3.63) is 22.1 Å². The molecule has 0 aromatic carbocycles. The van der Waals surface area contributed by atoms with Gasteiger partial charge in [-0.25, -0.2) is 9.69 Å². The van der Waals surface area contributed by atoms with E-state index in [0.29, 0.717) is 12.2 Å². The molecule has 2 amide bonds. The van der Waals surface area contributed by atoms with E-state index in [0.717, 1.165) is 54.3 Å². The molecular formula is C28H44BrNO8. The van der Waals surface area contributed by atoms with Gasteiger partial charge in [0.25, 0.3) is 5.91 Å². The predicted octanol–water partition coefficient (Wildman–Crippen LogP) is 6.10. The number of aryl methyl sites for hydroxylation is 1. The number of hydrogen-bond donors (Lipinski definition) is 1. The Morgan fingerprint density at radius 1 is 1.11 bits per heavy atom. The van der Waals surface area contributed by atoms with Gasteiger partial charge in [-0.15, -0.1) is 0 Å². The molecule has 1 aliphatic rings. The number of imide groups is 1. The summed E-state index contributed by atoms with van der Waals surface area (Å²) in [5, 5.41) is 8.85. The van der Waals surface area contributed by atoms with E-state index in [9.17, 15) is 14.4 Å². The molecule has 0 radical (unpaired) electrons. The minimum atomic E-state index is -1.31. The Bertz CT molecular complexity index is 928. The van der Waals surface area contributed by atoms with Gasteiger partial charge in [0.05, 0.1) is 10.5 Å². The zero-order valence-corrected chi connectivity index (χ0v) is 25.2. The number of unbranched alkanes of at least 4 members (excludes halogenated alkanes) is 7. The van der Waals surface area contributed by atoms with Crippen LogP contribution in [0.2, 0.25) is 0 Å². The van der Waals surface area contributed by atoms with Crippen LogP contribution >= 0.6 is 15.9 Å².